The second kappa shape index (κ2) is 7.51. The molecule has 134 valence electrons. The highest BCUT2D eigenvalue weighted by atomic mass is 32.1. The number of nitrogens with one attached hydrogen (secondary N) is 1. The first-order valence-corrected chi connectivity index (χ1v) is 9.89. The maximum absolute atomic E-state index is 4.78. The minimum absolute atomic E-state index is 0.601. The van der Waals surface area contributed by atoms with E-state index < -0.39 is 0 Å². The van der Waals surface area contributed by atoms with E-state index in [4.69, 9.17) is 4.98 Å². The van der Waals surface area contributed by atoms with E-state index in [9.17, 15) is 0 Å². The monoisotopic (exact) mass is 365 g/mol. The van der Waals surface area contributed by atoms with Crippen molar-refractivity contribution in [3.8, 4) is 10.7 Å². The van der Waals surface area contributed by atoms with Gasteiger partial charge < -0.3 is 5.32 Å². The summed E-state index contributed by atoms with van der Waals surface area (Å²) in [4.78, 5) is 16.3. The van der Waals surface area contributed by atoms with Crippen LogP contribution in [0, 0.1) is 13.8 Å². The van der Waals surface area contributed by atoms with Gasteiger partial charge in [0, 0.05) is 23.8 Å². The van der Waals surface area contributed by atoms with Crippen LogP contribution in [0.25, 0.3) is 10.7 Å². The van der Waals surface area contributed by atoms with Crippen LogP contribution in [0.1, 0.15) is 29.7 Å². The van der Waals surface area contributed by atoms with Crippen LogP contribution in [0.15, 0.2) is 35.8 Å². The van der Waals surface area contributed by atoms with Gasteiger partial charge in [0.25, 0.3) is 0 Å². The molecule has 0 atom stereocenters. The molecule has 1 aromatic carbocycles. The minimum Gasteiger partial charge on any atom is -0.324 e. The molecule has 0 aliphatic carbocycles. The number of aryl methyl sites for hydroxylation is 2. The molecule has 4 rings (SSSR count). The van der Waals surface area contributed by atoms with Gasteiger partial charge in [-0.25, -0.2) is 15.0 Å². The number of hydrogen-bond acceptors (Lipinski definition) is 6. The fourth-order valence-corrected chi connectivity index (χ4v) is 4.16. The number of anilines is 2. The molecule has 0 radical (unpaired) electrons. The van der Waals surface area contributed by atoms with E-state index in [0.29, 0.717) is 5.95 Å². The Morgan fingerprint density at radius 2 is 1.85 bits per heavy atom. The zero-order chi connectivity index (χ0) is 17.9. The first-order chi connectivity index (χ1) is 12.7. The van der Waals surface area contributed by atoms with E-state index in [1.807, 2.05) is 6.07 Å². The molecule has 1 saturated heterocycles. The van der Waals surface area contributed by atoms with Crippen LogP contribution in [0.3, 0.4) is 0 Å². The highest BCUT2D eigenvalue weighted by Gasteiger charge is 2.14. The van der Waals surface area contributed by atoms with E-state index in [1.165, 1.54) is 37.1 Å². The molecule has 1 fully saturated rings. The van der Waals surface area contributed by atoms with Crippen molar-refractivity contribution < 1.29 is 0 Å². The molecule has 3 aromatic rings. The molecule has 5 nitrogen and oxygen atoms in total. The lowest BCUT2D eigenvalue weighted by atomic mass is 10.1. The van der Waals surface area contributed by atoms with Crippen LogP contribution in [-0.4, -0.2) is 32.9 Å². The summed E-state index contributed by atoms with van der Waals surface area (Å²) >= 11 is 1.65. The third-order valence-corrected chi connectivity index (χ3v) is 5.40. The number of thiazole rings is 1. The van der Waals surface area contributed by atoms with E-state index >= 15 is 0 Å². The van der Waals surface area contributed by atoms with Gasteiger partial charge in [0.05, 0.1) is 5.69 Å². The number of benzene rings is 1. The highest BCUT2D eigenvalue weighted by Crippen LogP contribution is 2.25. The van der Waals surface area contributed by atoms with Crippen LogP contribution < -0.4 is 5.32 Å². The third-order valence-electron chi connectivity index (χ3n) is 4.49. The Kier molecular flexibility index (Phi) is 4.95. The molecule has 2 aromatic heterocycles. The van der Waals surface area contributed by atoms with Crippen LogP contribution >= 0.6 is 11.3 Å². The lowest BCUT2D eigenvalue weighted by molar-refractivity contribution is 0.328. The standard InChI is InChI=1S/C20H23N5S/c1-14-9-15(2)11-16(10-14)23-20-21-6-5-18(24-20)19-22-17(13-26-19)12-25-7-3-4-8-25/h5-6,9-11,13H,3-4,7-8,12H2,1-2H3,(H,21,23,24). The lowest BCUT2D eigenvalue weighted by Crippen LogP contribution is -2.18. The second-order valence-electron chi connectivity index (χ2n) is 6.89. The van der Waals surface area contributed by atoms with Crippen molar-refractivity contribution >= 4 is 23.0 Å². The highest BCUT2D eigenvalue weighted by molar-refractivity contribution is 7.13. The fourth-order valence-electron chi connectivity index (χ4n) is 3.38. The smallest absolute Gasteiger partial charge is 0.227 e. The molecule has 0 amide bonds. The molecule has 1 N–H and O–H groups in total. The summed E-state index contributed by atoms with van der Waals surface area (Å²) in [6.45, 7) is 7.49. The summed E-state index contributed by atoms with van der Waals surface area (Å²) < 4.78 is 0. The van der Waals surface area contributed by atoms with Crippen molar-refractivity contribution in [1.29, 1.82) is 0 Å². The molecule has 26 heavy (non-hydrogen) atoms. The van der Waals surface area contributed by atoms with E-state index in [-0.39, 0.29) is 0 Å². The van der Waals surface area contributed by atoms with E-state index in [1.54, 1.807) is 17.5 Å². The van der Waals surface area contributed by atoms with Gasteiger partial charge in [0.2, 0.25) is 5.95 Å². The summed E-state index contributed by atoms with van der Waals surface area (Å²) in [5.74, 6) is 0.601. The van der Waals surface area contributed by atoms with Gasteiger partial charge >= 0.3 is 0 Å². The van der Waals surface area contributed by atoms with Crippen LogP contribution in [0.5, 0.6) is 0 Å². The Labute approximate surface area is 158 Å². The average molecular weight is 366 g/mol. The van der Waals surface area contributed by atoms with Crippen molar-refractivity contribution in [2.45, 2.75) is 33.2 Å². The van der Waals surface area contributed by atoms with Gasteiger partial charge in [-0.15, -0.1) is 11.3 Å². The SMILES string of the molecule is Cc1cc(C)cc(Nc2nccc(-c3nc(CN4CCCC4)cs3)n2)c1. The predicted octanol–water partition coefficient (Wildman–Crippen LogP) is 4.56. The largest absolute Gasteiger partial charge is 0.324 e. The molecule has 3 heterocycles. The Morgan fingerprint density at radius 1 is 1.08 bits per heavy atom. The van der Waals surface area contributed by atoms with Gasteiger partial charge in [0.15, 0.2) is 0 Å². The summed E-state index contributed by atoms with van der Waals surface area (Å²) in [5, 5.41) is 6.40. The zero-order valence-electron chi connectivity index (χ0n) is 15.2. The Balaban J connectivity index is 1.51. The minimum atomic E-state index is 0.601. The maximum Gasteiger partial charge on any atom is 0.227 e. The van der Waals surface area contributed by atoms with E-state index in [0.717, 1.165) is 28.6 Å². The van der Waals surface area contributed by atoms with Gasteiger partial charge in [-0.3, -0.25) is 4.90 Å². The summed E-state index contributed by atoms with van der Waals surface area (Å²) in [6.07, 6.45) is 4.39. The Hall–Kier alpha value is -2.31. The van der Waals surface area contributed by atoms with E-state index in [2.05, 4.69) is 57.6 Å². The van der Waals surface area contributed by atoms with Gasteiger partial charge in [-0.1, -0.05) is 6.07 Å². The second-order valence-corrected chi connectivity index (χ2v) is 7.75. The fraction of sp³-hybridized carbons (Fsp3) is 0.350. The molecular weight excluding hydrogens is 342 g/mol. The van der Waals surface area contributed by atoms with Crippen LogP contribution in [-0.2, 0) is 6.54 Å². The summed E-state index contributed by atoms with van der Waals surface area (Å²) in [7, 11) is 0. The number of hydrogen-bond donors (Lipinski definition) is 1. The Bertz CT molecular complexity index is 878. The first-order valence-electron chi connectivity index (χ1n) is 9.01. The zero-order valence-corrected chi connectivity index (χ0v) is 16.0. The molecule has 0 bridgehead atoms. The molecule has 1 aliphatic rings. The van der Waals surface area contributed by atoms with Crippen molar-refractivity contribution in [2.24, 2.45) is 0 Å². The van der Waals surface area contributed by atoms with Crippen molar-refractivity contribution in [2.75, 3.05) is 18.4 Å². The number of rotatable bonds is 5. The van der Waals surface area contributed by atoms with Crippen LogP contribution in [0.2, 0.25) is 0 Å². The summed E-state index contributed by atoms with van der Waals surface area (Å²) in [6, 6.07) is 8.27. The molecule has 1 aliphatic heterocycles. The molecular formula is C20H23N5S. The van der Waals surface area contributed by atoms with Gasteiger partial charge in [-0.2, -0.15) is 0 Å². The van der Waals surface area contributed by atoms with Crippen molar-refractivity contribution in [3.63, 3.8) is 0 Å². The topological polar surface area (TPSA) is 53.9 Å². The average Bonchev–Trinajstić information content (AvgIpc) is 3.27. The first kappa shape index (κ1) is 17.1. The number of aromatic nitrogens is 3. The van der Waals surface area contributed by atoms with Crippen molar-refractivity contribution in [1.82, 2.24) is 19.9 Å². The number of nitrogens with zero attached hydrogens (tertiary/aromatic N) is 4. The summed E-state index contributed by atoms with van der Waals surface area (Å²) in [5.41, 5.74) is 5.44. The van der Waals surface area contributed by atoms with Crippen LogP contribution in [0.4, 0.5) is 11.6 Å². The maximum atomic E-state index is 4.78. The lowest BCUT2D eigenvalue weighted by Gasteiger charge is -2.11. The van der Waals surface area contributed by atoms with Gasteiger partial charge in [0.1, 0.15) is 10.7 Å². The number of likely N-dealkylation sites (tertiary alicyclic amines) is 1. The normalized spacial score (nSPS) is 14.7. The molecule has 0 spiro atoms. The molecule has 0 saturated carbocycles. The Morgan fingerprint density at radius 3 is 2.62 bits per heavy atom. The molecule has 0 unspecified atom stereocenters. The third kappa shape index (κ3) is 4.08. The quantitative estimate of drug-likeness (QED) is 0.718. The predicted molar refractivity (Wildman–Crippen MR) is 107 cm³/mol. The van der Waals surface area contributed by atoms with Crippen molar-refractivity contribution in [3.05, 3.63) is 52.7 Å². The molecule has 6 heteroatoms. The van der Waals surface area contributed by atoms with Gasteiger partial charge in [-0.05, 0) is 69.1 Å².